The molecule has 0 saturated heterocycles. The summed E-state index contributed by atoms with van der Waals surface area (Å²) in [5.41, 5.74) is 2.64. The summed E-state index contributed by atoms with van der Waals surface area (Å²) in [5, 5.41) is 13.9. The molecular formula is C16H19N3O3S. The van der Waals surface area contributed by atoms with Gasteiger partial charge in [0.25, 0.3) is 0 Å². The van der Waals surface area contributed by atoms with Gasteiger partial charge in [-0.05, 0) is 25.5 Å². The Kier molecular flexibility index (Phi) is 5.81. The van der Waals surface area contributed by atoms with E-state index < -0.39 is 12.0 Å². The van der Waals surface area contributed by atoms with Gasteiger partial charge in [0.05, 0.1) is 12.1 Å². The zero-order chi connectivity index (χ0) is 16.8. The van der Waals surface area contributed by atoms with E-state index in [1.165, 1.54) is 18.3 Å². The molecule has 7 heteroatoms. The number of pyridine rings is 1. The van der Waals surface area contributed by atoms with E-state index >= 15 is 0 Å². The van der Waals surface area contributed by atoms with Crippen LogP contribution < -0.4 is 5.32 Å². The lowest BCUT2D eigenvalue weighted by Gasteiger charge is -2.07. The third-order valence-corrected chi connectivity index (χ3v) is 4.15. The summed E-state index contributed by atoms with van der Waals surface area (Å²) >= 11 is 1.46. The molecule has 0 radical (unpaired) electrons. The molecule has 23 heavy (non-hydrogen) atoms. The number of carbonyl (C=O) groups excluding carboxylic acids is 1. The van der Waals surface area contributed by atoms with Crippen molar-refractivity contribution in [3.63, 3.8) is 0 Å². The zero-order valence-electron chi connectivity index (χ0n) is 13.1. The molecule has 0 bridgehead atoms. The van der Waals surface area contributed by atoms with E-state index in [0.29, 0.717) is 5.69 Å². The quantitative estimate of drug-likeness (QED) is 0.811. The molecule has 0 fully saturated rings. The van der Waals surface area contributed by atoms with Crippen LogP contribution in [0.15, 0.2) is 23.7 Å². The average Bonchev–Trinajstić information content (AvgIpc) is 2.96. The van der Waals surface area contributed by atoms with Crippen LogP contribution in [0.25, 0.3) is 10.6 Å². The van der Waals surface area contributed by atoms with Crippen LogP contribution in [0.3, 0.4) is 0 Å². The van der Waals surface area contributed by atoms with Gasteiger partial charge in [-0.25, -0.2) is 4.98 Å². The second-order valence-corrected chi connectivity index (χ2v) is 6.09. The second-order valence-electron chi connectivity index (χ2n) is 5.23. The van der Waals surface area contributed by atoms with Crippen LogP contribution in [-0.4, -0.2) is 33.0 Å². The number of hydrogen-bond acceptors (Lipinski definition) is 5. The predicted octanol–water partition coefficient (Wildman–Crippen LogP) is 2.29. The fourth-order valence-electron chi connectivity index (χ4n) is 2.04. The highest BCUT2D eigenvalue weighted by Gasteiger charge is 2.15. The topological polar surface area (TPSA) is 92.2 Å². The number of aromatic nitrogens is 2. The minimum absolute atomic E-state index is 0.0705. The Morgan fingerprint density at radius 2 is 2.17 bits per heavy atom. The Morgan fingerprint density at radius 1 is 1.39 bits per heavy atom. The Hall–Kier alpha value is -2.28. The van der Waals surface area contributed by atoms with Crippen molar-refractivity contribution in [2.24, 2.45) is 0 Å². The molecule has 1 amide bonds. The van der Waals surface area contributed by atoms with Gasteiger partial charge in [0.15, 0.2) is 0 Å². The molecule has 0 aliphatic rings. The molecule has 0 aliphatic heterocycles. The van der Waals surface area contributed by atoms with Crippen LogP contribution >= 0.6 is 11.3 Å². The Morgan fingerprint density at radius 3 is 2.87 bits per heavy atom. The Bertz CT molecular complexity index is 699. The first-order chi connectivity index (χ1) is 11.0. The van der Waals surface area contributed by atoms with E-state index in [9.17, 15) is 9.59 Å². The van der Waals surface area contributed by atoms with Crippen LogP contribution in [0.4, 0.5) is 0 Å². The van der Waals surface area contributed by atoms with Gasteiger partial charge in [0.1, 0.15) is 11.0 Å². The van der Waals surface area contributed by atoms with Gasteiger partial charge in [-0.2, -0.15) is 0 Å². The van der Waals surface area contributed by atoms with Crippen molar-refractivity contribution in [1.29, 1.82) is 0 Å². The highest BCUT2D eigenvalue weighted by molar-refractivity contribution is 7.13. The number of rotatable bonds is 7. The van der Waals surface area contributed by atoms with Crippen molar-refractivity contribution < 1.29 is 14.7 Å². The van der Waals surface area contributed by atoms with Crippen LogP contribution in [-0.2, 0) is 22.4 Å². The minimum atomic E-state index is -1.06. The maximum Gasteiger partial charge on any atom is 0.325 e. The van der Waals surface area contributed by atoms with Gasteiger partial charge in [-0.3, -0.25) is 14.6 Å². The Balaban J connectivity index is 2.04. The largest absolute Gasteiger partial charge is 0.480 e. The van der Waals surface area contributed by atoms with Crippen LogP contribution in [0.5, 0.6) is 0 Å². The normalized spacial score (nSPS) is 11.9. The third-order valence-electron chi connectivity index (χ3n) is 3.21. The van der Waals surface area contributed by atoms with Gasteiger partial charge in [0, 0.05) is 22.8 Å². The number of aryl methyl sites for hydroxylation is 1. The number of carboxylic acid groups (broad SMARTS) is 1. The second kappa shape index (κ2) is 7.82. The standard InChI is InChI=1S/C16H19N3O3S/c1-3-4-12-7-11(5-6-17-12)15-19-13(9-23-15)8-14(20)18-10(2)16(21)22/h5-7,9-10H,3-4,8H2,1-2H3,(H,18,20)(H,21,22)/t10-/m0/s1. The van der Waals surface area contributed by atoms with Gasteiger partial charge in [-0.1, -0.05) is 13.3 Å². The monoisotopic (exact) mass is 333 g/mol. The molecule has 0 unspecified atom stereocenters. The fraction of sp³-hybridized carbons (Fsp3) is 0.375. The number of nitrogens with zero attached hydrogens (tertiary/aromatic N) is 2. The Labute approximate surface area is 138 Å². The van der Waals surface area contributed by atoms with Gasteiger partial charge in [-0.15, -0.1) is 11.3 Å². The number of carboxylic acids is 1. The first-order valence-corrected chi connectivity index (χ1v) is 8.29. The molecule has 6 nitrogen and oxygen atoms in total. The molecular weight excluding hydrogens is 314 g/mol. The van der Waals surface area contributed by atoms with E-state index in [0.717, 1.165) is 29.1 Å². The summed E-state index contributed by atoms with van der Waals surface area (Å²) in [4.78, 5) is 31.3. The molecule has 2 rings (SSSR count). The van der Waals surface area contributed by atoms with E-state index in [2.05, 4.69) is 22.2 Å². The smallest absolute Gasteiger partial charge is 0.325 e. The molecule has 122 valence electrons. The SMILES string of the molecule is CCCc1cc(-c2nc(CC(=O)N[C@@H](C)C(=O)O)cs2)ccn1. The predicted molar refractivity (Wildman–Crippen MR) is 88.3 cm³/mol. The highest BCUT2D eigenvalue weighted by atomic mass is 32.1. The maximum absolute atomic E-state index is 11.8. The van der Waals surface area contributed by atoms with Gasteiger partial charge in [0.2, 0.25) is 5.91 Å². The number of hydrogen-bond donors (Lipinski definition) is 2. The first kappa shape index (κ1) is 17.1. The number of aliphatic carboxylic acids is 1. The molecule has 1 atom stereocenters. The van der Waals surface area contributed by atoms with E-state index in [1.807, 2.05) is 17.5 Å². The maximum atomic E-state index is 11.8. The van der Waals surface area contributed by atoms with E-state index in [4.69, 9.17) is 5.11 Å². The van der Waals surface area contributed by atoms with Crippen molar-refractivity contribution >= 4 is 23.2 Å². The molecule has 2 aromatic rings. The zero-order valence-corrected chi connectivity index (χ0v) is 13.9. The lowest BCUT2D eigenvalue weighted by Crippen LogP contribution is -2.39. The summed E-state index contributed by atoms with van der Waals surface area (Å²) in [7, 11) is 0. The summed E-state index contributed by atoms with van der Waals surface area (Å²) in [6.07, 6.45) is 3.78. The molecule has 0 aliphatic carbocycles. The van der Waals surface area contributed by atoms with Crippen LogP contribution in [0.1, 0.15) is 31.7 Å². The number of thiazole rings is 1. The average molecular weight is 333 g/mol. The van der Waals surface area contributed by atoms with Crippen molar-refractivity contribution in [2.45, 2.75) is 39.2 Å². The van der Waals surface area contributed by atoms with E-state index in [-0.39, 0.29) is 12.3 Å². The summed E-state index contributed by atoms with van der Waals surface area (Å²) in [6.45, 7) is 3.53. The minimum Gasteiger partial charge on any atom is -0.480 e. The van der Waals surface area contributed by atoms with Gasteiger partial charge < -0.3 is 10.4 Å². The summed E-state index contributed by atoms with van der Waals surface area (Å²) < 4.78 is 0. The highest BCUT2D eigenvalue weighted by Crippen LogP contribution is 2.24. The fourth-order valence-corrected chi connectivity index (χ4v) is 2.86. The van der Waals surface area contributed by atoms with Crippen molar-refractivity contribution in [1.82, 2.24) is 15.3 Å². The van der Waals surface area contributed by atoms with Gasteiger partial charge >= 0.3 is 5.97 Å². The summed E-state index contributed by atoms with van der Waals surface area (Å²) in [5.74, 6) is -1.41. The van der Waals surface area contributed by atoms with Crippen molar-refractivity contribution in [3.8, 4) is 10.6 Å². The number of amides is 1. The molecule has 0 saturated carbocycles. The number of carbonyl (C=O) groups is 2. The number of nitrogens with one attached hydrogen (secondary N) is 1. The molecule has 0 spiro atoms. The molecule has 2 heterocycles. The summed E-state index contributed by atoms with van der Waals surface area (Å²) in [6, 6.07) is 3.00. The van der Waals surface area contributed by atoms with Crippen LogP contribution in [0, 0.1) is 0 Å². The van der Waals surface area contributed by atoms with Crippen molar-refractivity contribution in [3.05, 3.63) is 35.1 Å². The molecule has 2 aromatic heterocycles. The lowest BCUT2D eigenvalue weighted by atomic mass is 10.2. The van der Waals surface area contributed by atoms with E-state index in [1.54, 1.807) is 6.20 Å². The third kappa shape index (κ3) is 4.85. The van der Waals surface area contributed by atoms with Crippen LogP contribution in [0.2, 0.25) is 0 Å². The molecule has 0 aromatic carbocycles. The molecule has 2 N–H and O–H groups in total. The lowest BCUT2D eigenvalue weighted by molar-refractivity contribution is -0.141. The van der Waals surface area contributed by atoms with Crippen molar-refractivity contribution in [2.75, 3.05) is 0 Å². The first-order valence-electron chi connectivity index (χ1n) is 7.41.